The standard InChI is InChI=1S/C20H23N5OS/c26-18(24-11-7-2-1-3-8-12-24)14-27-20-17-13-23-25(19(17)21-15-22-20)16-9-5-4-6-10-16/h4-6,9-10,13,15H,1-3,7-8,11-12,14H2. The fraction of sp³-hybridized carbons (Fsp3) is 0.400. The van der Waals surface area contributed by atoms with Gasteiger partial charge in [-0.1, -0.05) is 49.2 Å². The Labute approximate surface area is 163 Å². The topological polar surface area (TPSA) is 63.9 Å². The molecule has 1 aromatic carbocycles. The van der Waals surface area contributed by atoms with E-state index in [0.29, 0.717) is 5.75 Å². The Hall–Kier alpha value is -2.41. The Morgan fingerprint density at radius 2 is 1.74 bits per heavy atom. The van der Waals surface area contributed by atoms with Crippen molar-refractivity contribution >= 4 is 28.7 Å². The first kappa shape index (κ1) is 18.0. The molecule has 140 valence electrons. The van der Waals surface area contributed by atoms with E-state index in [1.807, 2.05) is 35.2 Å². The van der Waals surface area contributed by atoms with Crippen LogP contribution in [0.2, 0.25) is 0 Å². The SMILES string of the molecule is O=C(CSc1ncnc2c1cnn2-c1ccccc1)N1CCCCCCC1. The quantitative estimate of drug-likeness (QED) is 0.509. The zero-order valence-electron chi connectivity index (χ0n) is 15.3. The van der Waals surface area contributed by atoms with E-state index in [4.69, 9.17) is 0 Å². The molecule has 0 spiro atoms. The molecule has 0 unspecified atom stereocenters. The van der Waals surface area contributed by atoms with Gasteiger partial charge in [0, 0.05) is 13.1 Å². The number of hydrogen-bond donors (Lipinski definition) is 0. The minimum atomic E-state index is 0.198. The number of fused-ring (bicyclic) bond motifs is 1. The third-order valence-corrected chi connectivity index (χ3v) is 5.86. The zero-order valence-corrected chi connectivity index (χ0v) is 16.1. The van der Waals surface area contributed by atoms with E-state index in [2.05, 4.69) is 15.1 Å². The monoisotopic (exact) mass is 381 g/mol. The summed E-state index contributed by atoms with van der Waals surface area (Å²) in [5.74, 6) is 0.604. The summed E-state index contributed by atoms with van der Waals surface area (Å²) < 4.78 is 1.81. The molecule has 4 rings (SSSR count). The molecule has 3 heterocycles. The van der Waals surface area contributed by atoms with Crippen molar-refractivity contribution in [3.8, 4) is 5.69 Å². The third kappa shape index (κ3) is 4.13. The van der Waals surface area contributed by atoms with Crippen LogP contribution in [-0.4, -0.2) is 49.4 Å². The van der Waals surface area contributed by atoms with Crippen LogP contribution >= 0.6 is 11.8 Å². The molecule has 1 fully saturated rings. The summed E-state index contributed by atoms with van der Waals surface area (Å²) in [6, 6.07) is 9.91. The van der Waals surface area contributed by atoms with Gasteiger partial charge in [0.2, 0.25) is 5.91 Å². The normalized spacial score (nSPS) is 15.5. The molecule has 3 aromatic rings. The first-order chi connectivity index (χ1) is 13.3. The smallest absolute Gasteiger partial charge is 0.232 e. The number of thioether (sulfide) groups is 1. The van der Waals surface area contributed by atoms with Crippen molar-refractivity contribution < 1.29 is 4.79 Å². The summed E-state index contributed by atoms with van der Waals surface area (Å²) in [5, 5.41) is 6.16. The summed E-state index contributed by atoms with van der Waals surface area (Å²) in [6.07, 6.45) is 9.29. The number of para-hydroxylation sites is 1. The van der Waals surface area contributed by atoms with Gasteiger partial charge >= 0.3 is 0 Å². The molecular weight excluding hydrogens is 358 g/mol. The predicted octanol–water partition coefficient (Wildman–Crippen LogP) is 3.70. The maximum absolute atomic E-state index is 12.6. The van der Waals surface area contributed by atoms with Gasteiger partial charge in [-0.25, -0.2) is 14.6 Å². The van der Waals surface area contributed by atoms with Gasteiger partial charge in [0.15, 0.2) is 5.65 Å². The van der Waals surface area contributed by atoms with Crippen LogP contribution in [0, 0.1) is 0 Å². The molecule has 0 bridgehead atoms. The first-order valence-corrected chi connectivity index (χ1v) is 10.5. The number of rotatable bonds is 4. The van der Waals surface area contributed by atoms with Crippen molar-refractivity contribution in [3.63, 3.8) is 0 Å². The third-order valence-electron chi connectivity index (χ3n) is 4.87. The summed E-state index contributed by atoms with van der Waals surface area (Å²) in [5.41, 5.74) is 1.72. The van der Waals surface area contributed by atoms with Crippen LogP contribution in [0.3, 0.4) is 0 Å². The number of aromatic nitrogens is 4. The van der Waals surface area contributed by atoms with Crippen LogP contribution in [0.4, 0.5) is 0 Å². The van der Waals surface area contributed by atoms with Crippen molar-refractivity contribution in [1.29, 1.82) is 0 Å². The van der Waals surface area contributed by atoms with Crippen LogP contribution in [0.5, 0.6) is 0 Å². The fourth-order valence-corrected chi connectivity index (χ4v) is 4.28. The molecule has 1 aliphatic rings. The average Bonchev–Trinajstić information content (AvgIpc) is 3.11. The lowest BCUT2D eigenvalue weighted by atomic mass is 10.1. The van der Waals surface area contributed by atoms with E-state index < -0.39 is 0 Å². The molecule has 0 saturated carbocycles. The summed E-state index contributed by atoms with van der Waals surface area (Å²) in [4.78, 5) is 23.4. The van der Waals surface area contributed by atoms with Gasteiger partial charge < -0.3 is 4.90 Å². The molecule has 0 radical (unpaired) electrons. The van der Waals surface area contributed by atoms with Crippen LogP contribution in [0.25, 0.3) is 16.7 Å². The summed E-state index contributed by atoms with van der Waals surface area (Å²) in [6.45, 7) is 1.76. The fourth-order valence-electron chi connectivity index (χ4n) is 3.41. The Morgan fingerprint density at radius 3 is 2.52 bits per heavy atom. The van der Waals surface area contributed by atoms with Gasteiger partial charge in [-0.3, -0.25) is 4.79 Å². The first-order valence-electron chi connectivity index (χ1n) is 9.47. The summed E-state index contributed by atoms with van der Waals surface area (Å²) in [7, 11) is 0. The minimum absolute atomic E-state index is 0.198. The largest absolute Gasteiger partial charge is 0.342 e. The zero-order chi connectivity index (χ0) is 18.5. The van der Waals surface area contributed by atoms with Gasteiger partial charge in [0.05, 0.1) is 23.0 Å². The maximum atomic E-state index is 12.6. The summed E-state index contributed by atoms with van der Waals surface area (Å²) >= 11 is 1.48. The molecule has 0 aliphatic carbocycles. The predicted molar refractivity (Wildman–Crippen MR) is 107 cm³/mol. The van der Waals surface area contributed by atoms with Crippen LogP contribution < -0.4 is 0 Å². The van der Waals surface area contributed by atoms with E-state index in [1.54, 1.807) is 17.2 Å². The van der Waals surface area contributed by atoms with Gasteiger partial charge in [-0.05, 0) is 25.0 Å². The van der Waals surface area contributed by atoms with Gasteiger partial charge in [0.1, 0.15) is 11.4 Å². The second-order valence-electron chi connectivity index (χ2n) is 6.75. The van der Waals surface area contributed by atoms with E-state index >= 15 is 0 Å². The molecule has 27 heavy (non-hydrogen) atoms. The Balaban J connectivity index is 1.49. The molecule has 7 heteroatoms. The molecule has 1 aliphatic heterocycles. The van der Waals surface area contributed by atoms with Gasteiger partial charge in [-0.2, -0.15) is 5.10 Å². The molecule has 2 aromatic heterocycles. The number of amides is 1. The molecule has 6 nitrogen and oxygen atoms in total. The van der Waals surface area contributed by atoms with E-state index in [9.17, 15) is 4.79 Å². The Bertz CT molecular complexity index is 903. The van der Waals surface area contributed by atoms with E-state index in [1.165, 1.54) is 31.0 Å². The van der Waals surface area contributed by atoms with Crippen molar-refractivity contribution in [2.45, 2.75) is 37.1 Å². The van der Waals surface area contributed by atoms with E-state index in [-0.39, 0.29) is 5.91 Å². The lowest BCUT2D eigenvalue weighted by Crippen LogP contribution is -2.35. The highest BCUT2D eigenvalue weighted by Gasteiger charge is 2.17. The minimum Gasteiger partial charge on any atom is -0.342 e. The van der Waals surface area contributed by atoms with Crippen molar-refractivity contribution in [2.24, 2.45) is 0 Å². The molecule has 1 saturated heterocycles. The lowest BCUT2D eigenvalue weighted by Gasteiger charge is -2.24. The van der Waals surface area contributed by atoms with Gasteiger partial charge in [0.25, 0.3) is 0 Å². The molecular formula is C20H23N5OS. The number of carbonyl (C=O) groups is 1. The second-order valence-corrected chi connectivity index (χ2v) is 7.71. The van der Waals surface area contributed by atoms with Crippen molar-refractivity contribution in [1.82, 2.24) is 24.6 Å². The second kappa shape index (κ2) is 8.52. The molecule has 1 amide bonds. The highest BCUT2D eigenvalue weighted by Crippen LogP contribution is 2.26. The highest BCUT2D eigenvalue weighted by molar-refractivity contribution is 8.00. The lowest BCUT2D eigenvalue weighted by molar-refractivity contribution is -0.128. The molecule has 0 N–H and O–H groups in total. The van der Waals surface area contributed by atoms with Crippen molar-refractivity contribution in [3.05, 3.63) is 42.9 Å². The number of nitrogens with zero attached hydrogens (tertiary/aromatic N) is 5. The molecule has 0 atom stereocenters. The Kier molecular flexibility index (Phi) is 5.67. The number of benzene rings is 1. The van der Waals surface area contributed by atoms with Crippen LogP contribution in [-0.2, 0) is 4.79 Å². The highest BCUT2D eigenvalue weighted by atomic mass is 32.2. The number of hydrogen-bond acceptors (Lipinski definition) is 5. The van der Waals surface area contributed by atoms with Gasteiger partial charge in [-0.15, -0.1) is 0 Å². The number of likely N-dealkylation sites (tertiary alicyclic amines) is 1. The van der Waals surface area contributed by atoms with E-state index in [0.717, 1.165) is 47.7 Å². The maximum Gasteiger partial charge on any atom is 0.232 e. The average molecular weight is 382 g/mol. The van der Waals surface area contributed by atoms with Crippen LogP contribution in [0.15, 0.2) is 47.9 Å². The number of carbonyl (C=O) groups excluding carboxylic acids is 1. The Morgan fingerprint density at radius 1 is 1.00 bits per heavy atom. The van der Waals surface area contributed by atoms with Crippen molar-refractivity contribution in [2.75, 3.05) is 18.8 Å². The van der Waals surface area contributed by atoms with Crippen LogP contribution in [0.1, 0.15) is 32.1 Å².